The van der Waals surface area contributed by atoms with E-state index in [1.807, 2.05) is 52.0 Å². The van der Waals surface area contributed by atoms with E-state index >= 15 is 0 Å². The van der Waals surface area contributed by atoms with Crippen LogP contribution in [0.1, 0.15) is 31.2 Å². The number of hydrogen-bond donors (Lipinski definition) is 1. The molecule has 4 nitrogen and oxygen atoms in total. The molecule has 22 heavy (non-hydrogen) atoms. The standard InChI is InChI=1S/C17H18N2O2S/c1-11-5-6-12(15-8-7-13(10-18)22-15)9-14(11)19-16(20)21-17(2,3)4/h5-9H,1-4H3,(H,19,20). The van der Waals surface area contributed by atoms with Gasteiger partial charge in [-0.1, -0.05) is 12.1 Å². The van der Waals surface area contributed by atoms with E-state index in [4.69, 9.17) is 10.00 Å². The van der Waals surface area contributed by atoms with Gasteiger partial charge in [0.15, 0.2) is 0 Å². The molecule has 2 rings (SSSR count). The Bertz CT molecular complexity index is 736. The lowest BCUT2D eigenvalue weighted by molar-refractivity contribution is 0.0636. The van der Waals surface area contributed by atoms with E-state index in [1.54, 1.807) is 6.07 Å². The van der Waals surface area contributed by atoms with Crippen LogP contribution >= 0.6 is 11.3 Å². The Labute approximate surface area is 134 Å². The Kier molecular flexibility index (Phi) is 4.53. The van der Waals surface area contributed by atoms with E-state index in [-0.39, 0.29) is 0 Å². The van der Waals surface area contributed by atoms with Crippen LogP contribution in [-0.2, 0) is 4.74 Å². The Morgan fingerprint density at radius 2 is 2.00 bits per heavy atom. The van der Waals surface area contributed by atoms with Gasteiger partial charge in [0.25, 0.3) is 0 Å². The van der Waals surface area contributed by atoms with Gasteiger partial charge in [0.2, 0.25) is 0 Å². The monoisotopic (exact) mass is 314 g/mol. The van der Waals surface area contributed by atoms with Gasteiger partial charge in [-0.15, -0.1) is 11.3 Å². The Hall–Kier alpha value is -2.32. The van der Waals surface area contributed by atoms with Crippen LogP contribution in [0.4, 0.5) is 10.5 Å². The summed E-state index contributed by atoms with van der Waals surface area (Å²) in [7, 11) is 0. The van der Waals surface area contributed by atoms with Crippen LogP contribution in [0.2, 0.25) is 0 Å². The van der Waals surface area contributed by atoms with E-state index in [2.05, 4.69) is 11.4 Å². The molecule has 1 amide bonds. The van der Waals surface area contributed by atoms with E-state index in [9.17, 15) is 4.79 Å². The molecule has 0 unspecified atom stereocenters. The minimum absolute atomic E-state index is 0.475. The van der Waals surface area contributed by atoms with Crippen LogP contribution in [0, 0.1) is 18.3 Å². The summed E-state index contributed by atoms with van der Waals surface area (Å²) >= 11 is 1.42. The number of benzene rings is 1. The minimum atomic E-state index is -0.537. The molecule has 1 heterocycles. The van der Waals surface area contributed by atoms with Gasteiger partial charge in [0, 0.05) is 10.6 Å². The number of thiophene rings is 1. The number of carbonyl (C=O) groups excluding carboxylic acids is 1. The van der Waals surface area contributed by atoms with Gasteiger partial charge in [-0.25, -0.2) is 4.79 Å². The second-order valence-electron chi connectivity index (χ2n) is 5.93. The molecule has 2 aromatic rings. The topological polar surface area (TPSA) is 62.1 Å². The zero-order valence-corrected chi connectivity index (χ0v) is 13.9. The van der Waals surface area contributed by atoms with Gasteiger partial charge >= 0.3 is 6.09 Å². The molecular formula is C17H18N2O2S. The molecule has 0 fully saturated rings. The number of ether oxygens (including phenoxy) is 1. The highest BCUT2D eigenvalue weighted by Crippen LogP contribution is 2.31. The van der Waals surface area contributed by atoms with Crippen LogP contribution in [-0.4, -0.2) is 11.7 Å². The highest BCUT2D eigenvalue weighted by molar-refractivity contribution is 7.16. The predicted octanol–water partition coefficient (Wildman–Crippen LogP) is 4.94. The number of nitrogens with one attached hydrogen (secondary N) is 1. The van der Waals surface area contributed by atoms with Crippen molar-refractivity contribution < 1.29 is 9.53 Å². The lowest BCUT2D eigenvalue weighted by Gasteiger charge is -2.20. The molecule has 0 radical (unpaired) electrons. The zero-order valence-electron chi connectivity index (χ0n) is 13.1. The first-order valence-electron chi connectivity index (χ1n) is 6.89. The molecule has 0 atom stereocenters. The fourth-order valence-corrected chi connectivity index (χ4v) is 2.68. The average Bonchev–Trinajstić information content (AvgIpc) is 2.88. The average molecular weight is 314 g/mol. The van der Waals surface area contributed by atoms with Crippen LogP contribution < -0.4 is 5.32 Å². The van der Waals surface area contributed by atoms with E-state index in [1.165, 1.54) is 11.3 Å². The highest BCUT2D eigenvalue weighted by atomic mass is 32.1. The van der Waals surface area contributed by atoms with Crippen molar-refractivity contribution >= 4 is 23.1 Å². The number of rotatable bonds is 2. The van der Waals surface area contributed by atoms with Crippen LogP contribution in [0.15, 0.2) is 30.3 Å². The van der Waals surface area contributed by atoms with Gasteiger partial charge < -0.3 is 4.74 Å². The summed E-state index contributed by atoms with van der Waals surface area (Å²) < 4.78 is 5.27. The van der Waals surface area contributed by atoms with Crippen molar-refractivity contribution in [2.45, 2.75) is 33.3 Å². The maximum Gasteiger partial charge on any atom is 0.412 e. The van der Waals surface area contributed by atoms with Crippen LogP contribution in [0.25, 0.3) is 10.4 Å². The molecule has 0 aliphatic heterocycles. The fraction of sp³-hybridized carbons (Fsp3) is 0.294. The Morgan fingerprint density at radius 1 is 1.27 bits per heavy atom. The quantitative estimate of drug-likeness (QED) is 0.853. The summed E-state index contributed by atoms with van der Waals surface area (Å²) in [5.41, 5.74) is 2.08. The molecule has 0 saturated heterocycles. The van der Waals surface area contributed by atoms with Crippen molar-refractivity contribution in [1.29, 1.82) is 5.26 Å². The summed E-state index contributed by atoms with van der Waals surface area (Å²) in [5.74, 6) is 0. The molecular weight excluding hydrogens is 296 g/mol. The zero-order chi connectivity index (χ0) is 16.3. The molecule has 0 aliphatic carbocycles. The third-order valence-electron chi connectivity index (χ3n) is 2.87. The lowest BCUT2D eigenvalue weighted by atomic mass is 10.1. The molecule has 1 aromatic heterocycles. The highest BCUT2D eigenvalue weighted by Gasteiger charge is 2.17. The molecule has 5 heteroatoms. The maximum absolute atomic E-state index is 11.9. The van der Waals surface area contributed by atoms with Crippen LogP contribution in [0.5, 0.6) is 0 Å². The molecule has 0 saturated carbocycles. The van der Waals surface area contributed by atoms with Crippen molar-refractivity contribution in [3.05, 3.63) is 40.8 Å². The minimum Gasteiger partial charge on any atom is -0.444 e. The molecule has 114 valence electrons. The number of amides is 1. The second-order valence-corrected chi connectivity index (χ2v) is 7.02. The number of carbonyl (C=O) groups is 1. The number of nitriles is 1. The number of hydrogen-bond acceptors (Lipinski definition) is 4. The normalized spacial score (nSPS) is 10.9. The first-order valence-corrected chi connectivity index (χ1v) is 7.71. The van der Waals surface area contributed by atoms with Crippen molar-refractivity contribution in [3.63, 3.8) is 0 Å². The summed E-state index contributed by atoms with van der Waals surface area (Å²) in [4.78, 5) is 13.6. The smallest absolute Gasteiger partial charge is 0.412 e. The van der Waals surface area contributed by atoms with Gasteiger partial charge in [0.1, 0.15) is 16.5 Å². The number of aryl methyl sites for hydroxylation is 1. The van der Waals surface area contributed by atoms with Gasteiger partial charge in [-0.2, -0.15) is 5.26 Å². The van der Waals surface area contributed by atoms with E-state index in [0.29, 0.717) is 10.6 Å². The summed E-state index contributed by atoms with van der Waals surface area (Å²) in [6, 6.07) is 11.6. The van der Waals surface area contributed by atoms with Gasteiger partial charge in [-0.3, -0.25) is 5.32 Å². The lowest BCUT2D eigenvalue weighted by Crippen LogP contribution is -2.27. The van der Waals surface area contributed by atoms with Gasteiger partial charge in [-0.05, 0) is 57.0 Å². The van der Waals surface area contributed by atoms with Crippen molar-refractivity contribution in [2.24, 2.45) is 0 Å². The van der Waals surface area contributed by atoms with Crippen molar-refractivity contribution in [2.75, 3.05) is 5.32 Å². The van der Waals surface area contributed by atoms with Crippen molar-refractivity contribution in [3.8, 4) is 16.5 Å². The molecule has 1 aromatic carbocycles. The SMILES string of the molecule is Cc1ccc(-c2ccc(C#N)s2)cc1NC(=O)OC(C)(C)C. The summed E-state index contributed by atoms with van der Waals surface area (Å²) in [6.07, 6.45) is -0.475. The largest absolute Gasteiger partial charge is 0.444 e. The second kappa shape index (κ2) is 6.20. The number of nitrogens with zero attached hydrogens (tertiary/aromatic N) is 1. The third kappa shape index (κ3) is 4.09. The molecule has 0 aliphatic rings. The first kappa shape index (κ1) is 16.1. The number of anilines is 1. The van der Waals surface area contributed by atoms with Crippen LogP contribution in [0.3, 0.4) is 0 Å². The maximum atomic E-state index is 11.9. The fourth-order valence-electron chi connectivity index (χ4n) is 1.88. The molecule has 1 N–H and O–H groups in total. The summed E-state index contributed by atoms with van der Waals surface area (Å²) in [5, 5.41) is 11.7. The molecule has 0 bridgehead atoms. The Balaban J connectivity index is 2.24. The summed E-state index contributed by atoms with van der Waals surface area (Å²) in [6.45, 7) is 7.40. The van der Waals surface area contributed by atoms with E-state index in [0.717, 1.165) is 16.0 Å². The van der Waals surface area contributed by atoms with Gasteiger partial charge in [0.05, 0.1) is 0 Å². The first-order chi connectivity index (χ1) is 10.3. The predicted molar refractivity (Wildman–Crippen MR) is 89.1 cm³/mol. The van der Waals surface area contributed by atoms with Crippen molar-refractivity contribution in [1.82, 2.24) is 0 Å². The molecule has 0 spiro atoms. The Morgan fingerprint density at radius 3 is 2.59 bits per heavy atom. The third-order valence-corrected chi connectivity index (χ3v) is 3.91. The van der Waals surface area contributed by atoms with E-state index < -0.39 is 11.7 Å².